The predicted octanol–water partition coefficient (Wildman–Crippen LogP) is 4.16. The first-order chi connectivity index (χ1) is 17.3. The van der Waals surface area contributed by atoms with Gasteiger partial charge < -0.3 is 14.7 Å². The van der Waals surface area contributed by atoms with Crippen LogP contribution in [0.1, 0.15) is 30.9 Å². The highest BCUT2D eigenvalue weighted by atomic mass is 19.3. The number of pyridine rings is 1. The van der Waals surface area contributed by atoms with Gasteiger partial charge in [0.25, 0.3) is 5.91 Å². The number of hydrogen-bond donors (Lipinski definition) is 0. The molecule has 1 saturated carbocycles. The molecule has 0 radical (unpaired) electrons. The molecule has 1 unspecified atom stereocenters. The first-order valence-electron chi connectivity index (χ1n) is 11.4. The molecule has 2 aromatic heterocycles. The molecule has 12 heteroatoms. The lowest BCUT2D eigenvalue weighted by Crippen LogP contribution is -2.42. The maximum absolute atomic E-state index is 13.3. The monoisotopic (exact) mass is 506 g/mol. The summed E-state index contributed by atoms with van der Waals surface area (Å²) in [5.41, 5.74) is 1.37. The molecule has 3 aromatic rings. The van der Waals surface area contributed by atoms with Crippen LogP contribution in [0.3, 0.4) is 0 Å². The summed E-state index contributed by atoms with van der Waals surface area (Å²) in [7, 11) is 0. The molecule has 0 bridgehead atoms. The van der Waals surface area contributed by atoms with Crippen molar-refractivity contribution in [3.63, 3.8) is 0 Å². The van der Waals surface area contributed by atoms with E-state index in [1.165, 1.54) is 35.3 Å². The summed E-state index contributed by atoms with van der Waals surface area (Å²) in [5, 5.41) is 16.3. The molecule has 1 amide bonds. The molecule has 3 heterocycles. The van der Waals surface area contributed by atoms with Crippen LogP contribution >= 0.6 is 0 Å². The number of rotatable bonds is 8. The third kappa shape index (κ3) is 4.93. The summed E-state index contributed by atoms with van der Waals surface area (Å²) < 4.78 is 64.9. The highest BCUT2D eigenvalue weighted by Crippen LogP contribution is 2.40. The van der Waals surface area contributed by atoms with Crippen LogP contribution in [0, 0.1) is 11.1 Å². The van der Waals surface area contributed by atoms with Crippen LogP contribution in [-0.2, 0) is 4.79 Å². The van der Waals surface area contributed by atoms with Gasteiger partial charge in [-0.15, -0.1) is 0 Å². The van der Waals surface area contributed by atoms with Crippen LogP contribution in [0.25, 0.3) is 11.3 Å². The van der Waals surface area contributed by atoms with Crippen molar-refractivity contribution in [1.82, 2.24) is 9.78 Å². The van der Waals surface area contributed by atoms with E-state index in [1.54, 1.807) is 18.2 Å². The molecule has 1 aliphatic carbocycles. The van der Waals surface area contributed by atoms with Crippen molar-refractivity contribution in [1.29, 1.82) is 0 Å². The summed E-state index contributed by atoms with van der Waals surface area (Å²) in [6.07, 6.45) is 1.61. The van der Waals surface area contributed by atoms with Gasteiger partial charge in [-0.05, 0) is 48.9 Å². The van der Waals surface area contributed by atoms with Crippen LogP contribution < -0.4 is 19.1 Å². The Balaban J connectivity index is 1.54. The quantitative estimate of drug-likeness (QED) is 0.260. The van der Waals surface area contributed by atoms with Gasteiger partial charge in [-0.25, -0.2) is 4.68 Å². The normalized spacial score (nSPS) is 17.4. The van der Waals surface area contributed by atoms with Crippen LogP contribution in [0.15, 0.2) is 48.8 Å². The third-order valence-electron chi connectivity index (χ3n) is 6.18. The molecule has 0 N–H and O–H groups in total. The third-order valence-corrected chi connectivity index (χ3v) is 6.18. The second-order valence-electron chi connectivity index (χ2n) is 8.72. The summed E-state index contributed by atoms with van der Waals surface area (Å²) in [6, 6.07) is 8.65. The molecular weight excluding hydrogens is 484 g/mol. The van der Waals surface area contributed by atoms with Gasteiger partial charge in [0.2, 0.25) is 0 Å². The molecule has 1 atom stereocenters. The van der Waals surface area contributed by atoms with Gasteiger partial charge in [-0.1, -0.05) is 6.07 Å². The molecule has 1 aliphatic heterocycles. The van der Waals surface area contributed by atoms with E-state index in [2.05, 4.69) is 9.84 Å². The minimum atomic E-state index is -3.21. The Hall–Kier alpha value is -3.83. The van der Waals surface area contributed by atoms with Crippen molar-refractivity contribution >= 4 is 11.7 Å². The Bertz CT molecular complexity index is 1260. The van der Waals surface area contributed by atoms with E-state index < -0.39 is 25.0 Å². The maximum atomic E-state index is 13.3. The Kier molecular flexibility index (Phi) is 6.42. The lowest BCUT2D eigenvalue weighted by molar-refractivity contribution is -0.604. The van der Waals surface area contributed by atoms with E-state index >= 15 is 0 Å². The van der Waals surface area contributed by atoms with Crippen molar-refractivity contribution in [2.45, 2.75) is 38.3 Å². The zero-order chi connectivity index (χ0) is 25.4. The Morgan fingerprint density at radius 3 is 2.64 bits per heavy atom. The fraction of sp³-hybridized carbons (Fsp3) is 0.375. The van der Waals surface area contributed by atoms with Crippen LogP contribution in [-0.4, -0.2) is 41.9 Å². The molecule has 36 heavy (non-hydrogen) atoms. The fourth-order valence-corrected chi connectivity index (χ4v) is 4.23. The minimum Gasteiger partial charge on any atom is -0.619 e. The summed E-state index contributed by atoms with van der Waals surface area (Å²) in [5.74, 6) is -0.810. The molecule has 1 aromatic carbocycles. The van der Waals surface area contributed by atoms with Crippen molar-refractivity contribution in [3.05, 3.63) is 59.6 Å². The van der Waals surface area contributed by atoms with Gasteiger partial charge in [0, 0.05) is 18.7 Å². The number of aromatic nitrogens is 3. The van der Waals surface area contributed by atoms with Crippen molar-refractivity contribution in [2.75, 3.05) is 18.1 Å². The predicted molar refractivity (Wildman–Crippen MR) is 119 cm³/mol. The molecule has 0 saturated heterocycles. The number of benzene rings is 1. The SMILES string of the molecule is O=C(C(F)F)N1CCC(c2ccc(OC(F)F)c(OCC3CC3)c2)n2nc(-c3ccc[n+]([O-])c3)cc21. The second-order valence-corrected chi connectivity index (χ2v) is 8.72. The number of fused-ring (bicyclic) bond motifs is 1. The number of ether oxygens (including phenoxy) is 2. The van der Waals surface area contributed by atoms with Crippen LogP contribution in [0.5, 0.6) is 11.5 Å². The van der Waals surface area contributed by atoms with E-state index in [9.17, 15) is 27.6 Å². The Morgan fingerprint density at radius 2 is 1.94 bits per heavy atom. The first kappa shape index (κ1) is 23.9. The molecule has 190 valence electrons. The number of carbonyl (C=O) groups excluding carboxylic acids is 1. The number of anilines is 1. The number of carbonyl (C=O) groups is 1. The smallest absolute Gasteiger partial charge is 0.387 e. The van der Waals surface area contributed by atoms with Gasteiger partial charge in [-0.3, -0.25) is 9.69 Å². The molecule has 2 aliphatic rings. The summed E-state index contributed by atoms with van der Waals surface area (Å²) in [6.45, 7) is -2.68. The second kappa shape index (κ2) is 9.67. The van der Waals surface area contributed by atoms with Crippen molar-refractivity contribution in [3.8, 4) is 22.8 Å². The lowest BCUT2D eigenvalue weighted by atomic mass is 10.0. The summed E-state index contributed by atoms with van der Waals surface area (Å²) in [4.78, 5) is 13.2. The van der Waals surface area contributed by atoms with Crippen LogP contribution in [0.4, 0.5) is 23.4 Å². The van der Waals surface area contributed by atoms with Gasteiger partial charge in [0.05, 0.1) is 18.2 Å². The Morgan fingerprint density at radius 1 is 1.14 bits per heavy atom. The van der Waals surface area contributed by atoms with E-state index in [0.29, 0.717) is 34.1 Å². The maximum Gasteiger partial charge on any atom is 0.387 e. The molecule has 1 fully saturated rings. The van der Waals surface area contributed by atoms with Gasteiger partial charge >= 0.3 is 13.0 Å². The molecular formula is C24H22F4N4O4. The van der Waals surface area contributed by atoms with Crippen molar-refractivity contribution < 1.29 is 36.6 Å². The van der Waals surface area contributed by atoms with Gasteiger partial charge in [0.15, 0.2) is 23.9 Å². The summed E-state index contributed by atoms with van der Waals surface area (Å²) >= 11 is 0. The average molecular weight is 506 g/mol. The van der Waals surface area contributed by atoms with E-state index in [0.717, 1.165) is 17.7 Å². The van der Waals surface area contributed by atoms with Crippen LogP contribution in [0.2, 0.25) is 0 Å². The van der Waals surface area contributed by atoms with E-state index in [-0.39, 0.29) is 30.3 Å². The first-order valence-corrected chi connectivity index (χ1v) is 11.4. The van der Waals surface area contributed by atoms with E-state index in [4.69, 9.17) is 4.74 Å². The standard InChI is InChI=1S/C24H22F4N4O4/c25-22(26)23(33)31-9-7-18(32-21(31)11-17(29-32)16-2-1-8-30(34)12-16)15-5-6-19(36-24(27)28)20(10-15)35-13-14-3-4-14/h1-2,5-6,8,10-12,14,18,22,24H,3-4,7,9,13H2. The number of hydrogen-bond acceptors (Lipinski definition) is 5. The number of nitrogens with zero attached hydrogens (tertiary/aromatic N) is 4. The topological polar surface area (TPSA) is 83.5 Å². The zero-order valence-corrected chi connectivity index (χ0v) is 18.9. The number of amides is 1. The largest absolute Gasteiger partial charge is 0.619 e. The fourth-order valence-electron chi connectivity index (χ4n) is 4.23. The minimum absolute atomic E-state index is 0.0110. The van der Waals surface area contributed by atoms with Crippen molar-refractivity contribution in [2.24, 2.45) is 5.92 Å². The van der Waals surface area contributed by atoms with Gasteiger partial charge in [-0.2, -0.15) is 27.4 Å². The molecule has 8 nitrogen and oxygen atoms in total. The van der Waals surface area contributed by atoms with E-state index in [1.807, 2.05) is 0 Å². The lowest BCUT2D eigenvalue weighted by Gasteiger charge is -2.33. The average Bonchev–Trinajstić information content (AvgIpc) is 3.57. The highest BCUT2D eigenvalue weighted by molar-refractivity contribution is 5.95. The number of alkyl halides is 4. The highest BCUT2D eigenvalue weighted by Gasteiger charge is 2.35. The molecule has 5 rings (SSSR count). The zero-order valence-electron chi connectivity index (χ0n) is 18.9. The number of halogens is 4. The van der Waals surface area contributed by atoms with Gasteiger partial charge in [0.1, 0.15) is 11.5 Å². The Labute approximate surface area is 203 Å². The molecule has 0 spiro atoms.